The van der Waals surface area contributed by atoms with E-state index in [4.69, 9.17) is 9.47 Å². The van der Waals surface area contributed by atoms with E-state index in [-0.39, 0.29) is 29.1 Å². The molecule has 0 fully saturated rings. The molecule has 4 rings (SSSR count). The Labute approximate surface area is 150 Å². The zero-order chi connectivity index (χ0) is 18.1. The number of methoxy groups -OCH3 is 1. The Morgan fingerprint density at radius 2 is 1.73 bits per heavy atom. The van der Waals surface area contributed by atoms with Crippen molar-refractivity contribution >= 4 is 15.8 Å². The summed E-state index contributed by atoms with van der Waals surface area (Å²) in [4.78, 5) is 8.69. The van der Waals surface area contributed by atoms with Crippen LogP contribution >= 0.6 is 0 Å². The Bertz CT molecular complexity index is 1060. The van der Waals surface area contributed by atoms with Gasteiger partial charge in [-0.1, -0.05) is 36.4 Å². The molecule has 1 aromatic heterocycles. The first-order chi connectivity index (χ1) is 12.6. The molecule has 2 aromatic carbocycles. The van der Waals surface area contributed by atoms with Gasteiger partial charge >= 0.3 is 6.01 Å². The fourth-order valence-electron chi connectivity index (χ4n) is 2.71. The van der Waals surface area contributed by atoms with E-state index in [2.05, 4.69) is 9.97 Å². The van der Waals surface area contributed by atoms with Gasteiger partial charge in [0, 0.05) is 6.07 Å². The molecule has 0 radical (unpaired) electrons. The number of para-hydroxylation sites is 1. The first-order valence-electron chi connectivity index (χ1n) is 7.84. The molecular formula is C18H15N3O4S. The topological polar surface area (TPSA) is 81.6 Å². The lowest BCUT2D eigenvalue weighted by Crippen LogP contribution is -2.25. The van der Waals surface area contributed by atoms with E-state index in [1.54, 1.807) is 30.3 Å². The quantitative estimate of drug-likeness (QED) is 0.703. The van der Waals surface area contributed by atoms with E-state index in [9.17, 15) is 8.42 Å². The Kier molecular flexibility index (Phi) is 3.96. The molecule has 8 heteroatoms. The normalized spacial score (nSPS) is 14.7. The Morgan fingerprint density at radius 3 is 2.46 bits per heavy atom. The molecule has 0 atom stereocenters. The lowest BCUT2D eigenvalue weighted by molar-refractivity contribution is 0.377. The van der Waals surface area contributed by atoms with E-state index in [0.717, 1.165) is 5.56 Å². The minimum atomic E-state index is -3.68. The number of rotatable bonds is 4. The van der Waals surface area contributed by atoms with Gasteiger partial charge in [0.2, 0.25) is 5.88 Å². The summed E-state index contributed by atoms with van der Waals surface area (Å²) in [5.41, 5.74) is 0.718. The summed E-state index contributed by atoms with van der Waals surface area (Å²) in [5, 5.41) is 0. The second-order valence-corrected chi connectivity index (χ2v) is 7.42. The van der Waals surface area contributed by atoms with E-state index in [0.29, 0.717) is 5.75 Å². The molecule has 1 aliphatic heterocycles. The molecule has 2 heterocycles. The van der Waals surface area contributed by atoms with Gasteiger partial charge in [0.25, 0.3) is 10.0 Å². The zero-order valence-corrected chi connectivity index (χ0v) is 14.7. The van der Waals surface area contributed by atoms with Crippen molar-refractivity contribution in [2.75, 3.05) is 11.4 Å². The number of anilines is 1. The standard InChI is InChI=1S/C18H15N3O4S/c1-24-17-11-16(19-18(20-17)25-14-8-3-2-4-9-14)21-12-13-7-5-6-10-15(13)26(21,22)23/h2-11H,12H2,1H3. The molecule has 26 heavy (non-hydrogen) atoms. The van der Waals surface area contributed by atoms with E-state index in [1.807, 2.05) is 24.3 Å². The van der Waals surface area contributed by atoms with Gasteiger partial charge in [-0.15, -0.1) is 0 Å². The highest BCUT2D eigenvalue weighted by Gasteiger charge is 2.36. The van der Waals surface area contributed by atoms with Gasteiger partial charge in [0.15, 0.2) is 5.82 Å². The lowest BCUT2D eigenvalue weighted by atomic mass is 10.2. The first kappa shape index (κ1) is 16.3. The van der Waals surface area contributed by atoms with Crippen LogP contribution in [-0.4, -0.2) is 25.5 Å². The molecule has 0 amide bonds. The molecule has 0 saturated carbocycles. The van der Waals surface area contributed by atoms with Gasteiger partial charge in [0.05, 0.1) is 18.6 Å². The lowest BCUT2D eigenvalue weighted by Gasteiger charge is -2.17. The summed E-state index contributed by atoms with van der Waals surface area (Å²) < 4.78 is 37.7. The Balaban J connectivity index is 1.74. The van der Waals surface area contributed by atoms with E-state index in [1.165, 1.54) is 17.5 Å². The minimum Gasteiger partial charge on any atom is -0.481 e. The average Bonchev–Trinajstić information content (AvgIpc) is 2.93. The maximum absolute atomic E-state index is 12.8. The summed E-state index contributed by atoms with van der Waals surface area (Å²) in [6.07, 6.45) is 0. The van der Waals surface area contributed by atoms with Crippen LogP contribution in [0.25, 0.3) is 0 Å². The molecule has 0 aliphatic carbocycles. The van der Waals surface area contributed by atoms with Gasteiger partial charge in [-0.3, -0.25) is 0 Å². The Morgan fingerprint density at radius 1 is 1.00 bits per heavy atom. The second kappa shape index (κ2) is 6.30. The fraction of sp³-hybridized carbons (Fsp3) is 0.111. The second-order valence-electron chi connectivity index (χ2n) is 5.59. The number of benzene rings is 2. The van der Waals surface area contributed by atoms with Crippen LogP contribution in [-0.2, 0) is 16.6 Å². The number of aromatic nitrogens is 2. The smallest absolute Gasteiger partial charge is 0.327 e. The Hall–Kier alpha value is -3.13. The summed E-state index contributed by atoms with van der Waals surface area (Å²) in [6, 6.07) is 17.4. The molecule has 3 aromatic rings. The van der Waals surface area contributed by atoms with Crippen molar-refractivity contribution in [3.63, 3.8) is 0 Å². The van der Waals surface area contributed by atoms with Crippen LogP contribution in [0.2, 0.25) is 0 Å². The van der Waals surface area contributed by atoms with Crippen LogP contribution in [0.15, 0.2) is 65.6 Å². The average molecular weight is 369 g/mol. The summed E-state index contributed by atoms with van der Waals surface area (Å²) in [5.74, 6) is 0.949. The number of sulfonamides is 1. The van der Waals surface area contributed by atoms with Crippen molar-refractivity contribution in [1.29, 1.82) is 0 Å². The van der Waals surface area contributed by atoms with Crippen LogP contribution in [0.1, 0.15) is 5.56 Å². The predicted octanol–water partition coefficient (Wildman–Crippen LogP) is 2.99. The highest BCUT2D eigenvalue weighted by Crippen LogP contribution is 2.35. The van der Waals surface area contributed by atoms with E-state index >= 15 is 0 Å². The van der Waals surface area contributed by atoms with Crippen LogP contribution in [0.5, 0.6) is 17.6 Å². The van der Waals surface area contributed by atoms with Crippen molar-refractivity contribution in [2.24, 2.45) is 0 Å². The SMILES string of the molecule is COc1cc(N2Cc3ccccc3S2(=O)=O)nc(Oc2ccccc2)n1. The third-order valence-corrected chi connectivity index (χ3v) is 5.79. The molecule has 0 saturated heterocycles. The van der Waals surface area contributed by atoms with Gasteiger partial charge < -0.3 is 9.47 Å². The molecule has 0 N–H and O–H groups in total. The number of hydrogen-bond donors (Lipinski definition) is 0. The zero-order valence-electron chi connectivity index (χ0n) is 13.9. The third-order valence-electron chi connectivity index (χ3n) is 3.94. The molecular weight excluding hydrogens is 354 g/mol. The summed E-state index contributed by atoms with van der Waals surface area (Å²) >= 11 is 0. The van der Waals surface area contributed by atoms with Crippen molar-refractivity contribution in [3.8, 4) is 17.6 Å². The third kappa shape index (κ3) is 2.84. The summed E-state index contributed by atoms with van der Waals surface area (Å²) in [7, 11) is -2.23. The van der Waals surface area contributed by atoms with Gasteiger partial charge in [-0.2, -0.15) is 9.97 Å². The molecule has 7 nitrogen and oxygen atoms in total. The first-order valence-corrected chi connectivity index (χ1v) is 9.28. The summed E-state index contributed by atoms with van der Waals surface area (Å²) in [6.45, 7) is 0.198. The number of hydrogen-bond acceptors (Lipinski definition) is 6. The molecule has 0 spiro atoms. The number of fused-ring (bicyclic) bond motifs is 1. The van der Waals surface area contributed by atoms with Crippen LogP contribution < -0.4 is 13.8 Å². The van der Waals surface area contributed by atoms with Crippen molar-refractivity contribution in [1.82, 2.24) is 9.97 Å². The highest BCUT2D eigenvalue weighted by molar-refractivity contribution is 7.93. The maximum Gasteiger partial charge on any atom is 0.327 e. The van der Waals surface area contributed by atoms with Crippen LogP contribution in [0.4, 0.5) is 5.82 Å². The van der Waals surface area contributed by atoms with Crippen LogP contribution in [0.3, 0.4) is 0 Å². The van der Waals surface area contributed by atoms with Crippen molar-refractivity contribution in [2.45, 2.75) is 11.4 Å². The molecule has 0 bridgehead atoms. The predicted molar refractivity (Wildman–Crippen MR) is 94.9 cm³/mol. The van der Waals surface area contributed by atoms with E-state index < -0.39 is 10.0 Å². The van der Waals surface area contributed by atoms with Crippen molar-refractivity contribution in [3.05, 3.63) is 66.2 Å². The monoisotopic (exact) mass is 369 g/mol. The molecule has 132 valence electrons. The molecule has 1 aliphatic rings. The fourth-order valence-corrected chi connectivity index (χ4v) is 4.31. The van der Waals surface area contributed by atoms with Gasteiger partial charge in [-0.25, -0.2) is 12.7 Å². The van der Waals surface area contributed by atoms with Gasteiger partial charge in [-0.05, 0) is 23.8 Å². The number of nitrogens with zero attached hydrogens (tertiary/aromatic N) is 3. The van der Waals surface area contributed by atoms with Gasteiger partial charge in [0.1, 0.15) is 5.75 Å². The van der Waals surface area contributed by atoms with Crippen LogP contribution in [0, 0.1) is 0 Å². The minimum absolute atomic E-state index is 0.0108. The largest absolute Gasteiger partial charge is 0.481 e. The highest BCUT2D eigenvalue weighted by atomic mass is 32.2. The number of ether oxygens (including phenoxy) is 2. The maximum atomic E-state index is 12.8. The van der Waals surface area contributed by atoms with Crippen molar-refractivity contribution < 1.29 is 17.9 Å². The molecule has 0 unspecified atom stereocenters.